The predicted octanol–water partition coefficient (Wildman–Crippen LogP) is 0.478. The van der Waals surface area contributed by atoms with Crippen LogP contribution in [0.3, 0.4) is 0 Å². The van der Waals surface area contributed by atoms with Gasteiger partial charge in [-0.2, -0.15) is 5.26 Å². The third kappa shape index (κ3) is 1.94. The molecule has 0 fully saturated rings. The second-order valence-corrected chi connectivity index (χ2v) is 2.73. The van der Waals surface area contributed by atoms with Crippen molar-refractivity contribution >= 4 is 12.2 Å². The lowest BCUT2D eigenvalue weighted by Gasteiger charge is -2.06. The molecule has 2 N–H and O–H groups in total. The van der Waals surface area contributed by atoms with Gasteiger partial charge in [-0.3, -0.25) is 9.59 Å². The van der Waals surface area contributed by atoms with E-state index in [1.54, 1.807) is 6.07 Å². The molecular formula is C10H8N2O3. The van der Waals surface area contributed by atoms with Crippen molar-refractivity contribution in [1.29, 1.82) is 5.26 Å². The third-order valence-corrected chi connectivity index (χ3v) is 1.88. The summed E-state index contributed by atoms with van der Waals surface area (Å²) < 4.78 is 4.88. The quantitative estimate of drug-likeness (QED) is 0.724. The normalized spacial score (nSPS) is 9.07. The number of nitrogens with zero attached hydrogens (tertiary/aromatic N) is 1. The van der Waals surface area contributed by atoms with Crippen molar-refractivity contribution in [1.82, 2.24) is 0 Å². The van der Waals surface area contributed by atoms with Gasteiger partial charge < -0.3 is 10.5 Å². The monoisotopic (exact) mass is 204 g/mol. The summed E-state index contributed by atoms with van der Waals surface area (Å²) in [5.74, 6) is -0.510. The van der Waals surface area contributed by atoms with Crippen LogP contribution < -0.4 is 10.5 Å². The van der Waals surface area contributed by atoms with Crippen molar-refractivity contribution < 1.29 is 14.3 Å². The molecule has 0 radical (unpaired) electrons. The van der Waals surface area contributed by atoms with Gasteiger partial charge in [0.15, 0.2) is 6.29 Å². The SMILES string of the molecule is COc1cc(C#N)c(C(N)=O)cc1C=O. The first-order chi connectivity index (χ1) is 7.13. The van der Waals surface area contributed by atoms with E-state index in [4.69, 9.17) is 15.7 Å². The van der Waals surface area contributed by atoms with Crippen LogP contribution in [-0.4, -0.2) is 19.3 Å². The number of carbonyl (C=O) groups excluding carboxylic acids is 2. The van der Waals surface area contributed by atoms with E-state index in [0.717, 1.165) is 0 Å². The molecule has 1 amide bonds. The fourth-order valence-corrected chi connectivity index (χ4v) is 1.16. The topological polar surface area (TPSA) is 93.2 Å². The molecule has 5 nitrogen and oxygen atoms in total. The first-order valence-corrected chi connectivity index (χ1v) is 4.01. The van der Waals surface area contributed by atoms with E-state index in [2.05, 4.69) is 0 Å². The van der Waals surface area contributed by atoms with Crippen LogP contribution in [0, 0.1) is 11.3 Å². The highest BCUT2D eigenvalue weighted by Gasteiger charge is 2.13. The van der Waals surface area contributed by atoms with Crippen molar-refractivity contribution in [2.24, 2.45) is 5.73 Å². The minimum atomic E-state index is -0.752. The Kier molecular flexibility index (Phi) is 3.03. The maximum atomic E-state index is 11.0. The standard InChI is InChI=1S/C10H8N2O3/c1-15-9-3-6(4-11)8(10(12)14)2-7(9)5-13/h2-3,5H,1H3,(H2,12,14). The number of methoxy groups -OCH3 is 1. The number of aldehydes is 1. The Morgan fingerprint density at radius 2 is 2.27 bits per heavy atom. The number of amides is 1. The number of primary amides is 1. The molecule has 0 heterocycles. The zero-order chi connectivity index (χ0) is 11.4. The molecule has 0 bridgehead atoms. The molecule has 0 saturated heterocycles. The lowest BCUT2D eigenvalue weighted by Crippen LogP contribution is -2.13. The van der Waals surface area contributed by atoms with Crippen LogP contribution in [0.15, 0.2) is 12.1 Å². The molecule has 0 aliphatic heterocycles. The van der Waals surface area contributed by atoms with Crippen LogP contribution >= 0.6 is 0 Å². The summed E-state index contributed by atoms with van der Waals surface area (Å²) in [6, 6.07) is 4.36. The van der Waals surface area contributed by atoms with Crippen molar-refractivity contribution in [3.8, 4) is 11.8 Å². The van der Waals surface area contributed by atoms with Crippen molar-refractivity contribution in [3.05, 3.63) is 28.8 Å². The van der Waals surface area contributed by atoms with Gasteiger partial charge in [0.05, 0.1) is 23.8 Å². The molecule has 1 aromatic rings. The molecule has 0 atom stereocenters. The summed E-state index contributed by atoms with van der Waals surface area (Å²) in [6.45, 7) is 0. The zero-order valence-corrected chi connectivity index (χ0v) is 7.98. The molecule has 0 aromatic heterocycles. The van der Waals surface area contributed by atoms with E-state index in [1.165, 1.54) is 19.2 Å². The van der Waals surface area contributed by atoms with E-state index in [0.29, 0.717) is 6.29 Å². The number of carbonyl (C=O) groups is 2. The Bertz CT molecular complexity index is 460. The van der Waals surface area contributed by atoms with E-state index in [9.17, 15) is 9.59 Å². The van der Waals surface area contributed by atoms with Crippen LogP contribution in [0.4, 0.5) is 0 Å². The van der Waals surface area contributed by atoms with E-state index in [-0.39, 0.29) is 22.4 Å². The highest BCUT2D eigenvalue weighted by Crippen LogP contribution is 2.21. The van der Waals surface area contributed by atoms with Gasteiger partial charge in [0, 0.05) is 0 Å². The summed E-state index contributed by atoms with van der Waals surface area (Å²) in [4.78, 5) is 21.6. The van der Waals surface area contributed by atoms with Gasteiger partial charge in [-0.1, -0.05) is 0 Å². The molecule has 0 spiro atoms. The Labute approximate surface area is 86.1 Å². The number of hydrogen-bond donors (Lipinski definition) is 1. The number of nitriles is 1. The van der Waals surface area contributed by atoms with Crippen molar-refractivity contribution in [3.63, 3.8) is 0 Å². The summed E-state index contributed by atoms with van der Waals surface area (Å²) >= 11 is 0. The molecule has 15 heavy (non-hydrogen) atoms. The van der Waals surface area contributed by atoms with Crippen molar-refractivity contribution in [2.75, 3.05) is 7.11 Å². The fourth-order valence-electron chi connectivity index (χ4n) is 1.16. The number of rotatable bonds is 3. The lowest BCUT2D eigenvalue weighted by atomic mass is 10.0. The number of benzene rings is 1. The molecular weight excluding hydrogens is 196 g/mol. The fraction of sp³-hybridized carbons (Fsp3) is 0.100. The summed E-state index contributed by atoms with van der Waals surface area (Å²) in [6.07, 6.45) is 0.534. The molecule has 0 saturated carbocycles. The Hall–Kier alpha value is -2.35. The number of ether oxygens (including phenoxy) is 1. The molecule has 0 aliphatic rings. The first-order valence-electron chi connectivity index (χ1n) is 4.01. The second-order valence-electron chi connectivity index (χ2n) is 2.73. The first kappa shape index (κ1) is 10.7. The Morgan fingerprint density at radius 3 is 2.67 bits per heavy atom. The van der Waals surface area contributed by atoms with Gasteiger partial charge in [0.2, 0.25) is 5.91 Å². The second kappa shape index (κ2) is 4.24. The van der Waals surface area contributed by atoms with E-state index >= 15 is 0 Å². The van der Waals surface area contributed by atoms with Gasteiger partial charge in [-0.25, -0.2) is 0 Å². The van der Waals surface area contributed by atoms with Crippen LogP contribution in [0.25, 0.3) is 0 Å². The lowest BCUT2D eigenvalue weighted by molar-refractivity contribution is 0.1000. The summed E-state index contributed by atoms with van der Waals surface area (Å²) in [5, 5.41) is 8.75. The molecule has 0 unspecified atom stereocenters. The summed E-state index contributed by atoms with van der Waals surface area (Å²) in [5.41, 5.74) is 5.35. The van der Waals surface area contributed by atoms with Gasteiger partial charge >= 0.3 is 0 Å². The average molecular weight is 204 g/mol. The Morgan fingerprint density at radius 1 is 1.60 bits per heavy atom. The van der Waals surface area contributed by atoms with Crippen LogP contribution in [-0.2, 0) is 0 Å². The average Bonchev–Trinajstić information content (AvgIpc) is 2.26. The van der Waals surface area contributed by atoms with E-state index < -0.39 is 5.91 Å². The molecule has 5 heteroatoms. The van der Waals surface area contributed by atoms with Crippen LogP contribution in [0.2, 0.25) is 0 Å². The minimum Gasteiger partial charge on any atom is -0.496 e. The predicted molar refractivity (Wildman–Crippen MR) is 51.6 cm³/mol. The van der Waals surface area contributed by atoms with Gasteiger partial charge in [0.25, 0.3) is 0 Å². The van der Waals surface area contributed by atoms with Crippen molar-refractivity contribution in [2.45, 2.75) is 0 Å². The summed E-state index contributed by atoms with van der Waals surface area (Å²) in [7, 11) is 1.37. The molecule has 76 valence electrons. The highest BCUT2D eigenvalue weighted by molar-refractivity contribution is 5.97. The van der Waals surface area contributed by atoms with E-state index in [1.807, 2.05) is 0 Å². The maximum Gasteiger partial charge on any atom is 0.250 e. The Balaban J connectivity index is 3.49. The molecule has 1 aromatic carbocycles. The van der Waals surface area contributed by atoms with Gasteiger partial charge in [-0.15, -0.1) is 0 Å². The van der Waals surface area contributed by atoms with Gasteiger partial charge in [0.1, 0.15) is 11.8 Å². The minimum absolute atomic E-state index is 0.0143. The maximum absolute atomic E-state index is 11.0. The largest absolute Gasteiger partial charge is 0.496 e. The smallest absolute Gasteiger partial charge is 0.250 e. The molecule has 0 aliphatic carbocycles. The number of hydrogen-bond acceptors (Lipinski definition) is 4. The van der Waals surface area contributed by atoms with Crippen LogP contribution in [0.5, 0.6) is 5.75 Å². The third-order valence-electron chi connectivity index (χ3n) is 1.88. The number of nitrogens with two attached hydrogens (primary N) is 1. The van der Waals surface area contributed by atoms with Gasteiger partial charge in [-0.05, 0) is 12.1 Å². The highest BCUT2D eigenvalue weighted by atomic mass is 16.5. The zero-order valence-electron chi connectivity index (χ0n) is 7.98. The molecule has 1 rings (SSSR count). The van der Waals surface area contributed by atoms with Crippen LogP contribution in [0.1, 0.15) is 26.3 Å².